The summed E-state index contributed by atoms with van der Waals surface area (Å²) in [4.78, 5) is 11.4. The standard InChI is InChI=1S/C16H15Cl2NO3S/c1-2-12-3-7-14(8-4-12)19(11-16(18)20)23(21,22)15-9-5-13(17)6-10-15/h3-10H,2,11H2,1H3. The van der Waals surface area contributed by atoms with Crippen LogP contribution in [-0.2, 0) is 21.2 Å². The molecule has 2 rings (SSSR count). The molecule has 0 saturated heterocycles. The van der Waals surface area contributed by atoms with Gasteiger partial charge in [-0.1, -0.05) is 30.7 Å². The van der Waals surface area contributed by atoms with Crippen molar-refractivity contribution in [2.75, 3.05) is 10.8 Å². The lowest BCUT2D eigenvalue weighted by Gasteiger charge is -2.23. The van der Waals surface area contributed by atoms with Crippen molar-refractivity contribution in [2.45, 2.75) is 18.2 Å². The summed E-state index contributed by atoms with van der Waals surface area (Å²) < 4.78 is 26.6. The van der Waals surface area contributed by atoms with E-state index < -0.39 is 21.8 Å². The van der Waals surface area contributed by atoms with E-state index in [0.29, 0.717) is 10.7 Å². The van der Waals surface area contributed by atoms with E-state index >= 15 is 0 Å². The van der Waals surface area contributed by atoms with Gasteiger partial charge in [0.1, 0.15) is 6.54 Å². The molecule has 0 saturated carbocycles. The summed E-state index contributed by atoms with van der Waals surface area (Å²) in [7, 11) is -3.92. The van der Waals surface area contributed by atoms with E-state index in [1.54, 1.807) is 12.1 Å². The number of anilines is 1. The number of carbonyl (C=O) groups excluding carboxylic acids is 1. The van der Waals surface area contributed by atoms with E-state index in [1.165, 1.54) is 24.3 Å². The Kier molecular flexibility index (Phi) is 5.68. The molecule has 2 aromatic carbocycles. The van der Waals surface area contributed by atoms with Crippen molar-refractivity contribution in [1.29, 1.82) is 0 Å². The van der Waals surface area contributed by atoms with Crippen molar-refractivity contribution in [2.24, 2.45) is 0 Å². The fourth-order valence-electron chi connectivity index (χ4n) is 2.06. The monoisotopic (exact) mass is 371 g/mol. The smallest absolute Gasteiger partial charge is 0.264 e. The maximum atomic E-state index is 12.8. The number of nitrogens with zero attached hydrogens (tertiary/aromatic N) is 1. The van der Waals surface area contributed by atoms with Gasteiger partial charge in [0.05, 0.1) is 10.6 Å². The van der Waals surface area contributed by atoms with Gasteiger partial charge in [0.2, 0.25) is 5.24 Å². The second-order valence-electron chi connectivity index (χ2n) is 4.84. The fraction of sp³-hybridized carbons (Fsp3) is 0.188. The lowest BCUT2D eigenvalue weighted by Crippen LogP contribution is -2.34. The number of carbonyl (C=O) groups is 1. The minimum Gasteiger partial charge on any atom is -0.279 e. The van der Waals surface area contributed by atoms with E-state index in [4.69, 9.17) is 23.2 Å². The highest BCUT2D eigenvalue weighted by Crippen LogP contribution is 2.25. The third kappa shape index (κ3) is 4.25. The van der Waals surface area contributed by atoms with Gasteiger partial charge in [-0.05, 0) is 60.0 Å². The van der Waals surface area contributed by atoms with Crippen molar-refractivity contribution in [3.05, 3.63) is 59.1 Å². The van der Waals surface area contributed by atoms with Crippen LogP contribution in [0.3, 0.4) is 0 Å². The molecule has 0 bridgehead atoms. The van der Waals surface area contributed by atoms with Crippen LogP contribution in [-0.4, -0.2) is 20.2 Å². The van der Waals surface area contributed by atoms with E-state index in [9.17, 15) is 13.2 Å². The third-order valence-corrected chi connectivity index (χ3v) is 5.46. The summed E-state index contributed by atoms with van der Waals surface area (Å²) in [5, 5.41) is -0.335. The van der Waals surface area contributed by atoms with Gasteiger partial charge < -0.3 is 0 Å². The molecule has 0 aliphatic rings. The zero-order valence-electron chi connectivity index (χ0n) is 12.4. The van der Waals surface area contributed by atoms with Crippen LogP contribution in [0, 0.1) is 0 Å². The second kappa shape index (κ2) is 7.34. The van der Waals surface area contributed by atoms with Crippen LogP contribution in [0.15, 0.2) is 53.4 Å². The van der Waals surface area contributed by atoms with Gasteiger partial charge in [-0.3, -0.25) is 9.10 Å². The molecular formula is C16H15Cl2NO3S. The van der Waals surface area contributed by atoms with Crippen molar-refractivity contribution < 1.29 is 13.2 Å². The number of hydrogen-bond acceptors (Lipinski definition) is 3. The predicted molar refractivity (Wildman–Crippen MR) is 92.7 cm³/mol. The number of halogens is 2. The van der Waals surface area contributed by atoms with Crippen molar-refractivity contribution in [3.8, 4) is 0 Å². The van der Waals surface area contributed by atoms with Gasteiger partial charge in [-0.25, -0.2) is 8.42 Å². The average Bonchev–Trinajstić information content (AvgIpc) is 2.53. The minimum atomic E-state index is -3.92. The van der Waals surface area contributed by atoms with Crippen LogP contribution in [0.2, 0.25) is 5.02 Å². The van der Waals surface area contributed by atoms with Crippen LogP contribution in [0.4, 0.5) is 5.69 Å². The number of aryl methyl sites for hydroxylation is 1. The van der Waals surface area contributed by atoms with E-state index in [-0.39, 0.29) is 4.90 Å². The topological polar surface area (TPSA) is 54.5 Å². The Labute approximate surface area is 145 Å². The van der Waals surface area contributed by atoms with Gasteiger partial charge in [0.25, 0.3) is 10.0 Å². The number of sulfonamides is 1. The summed E-state index contributed by atoms with van der Waals surface area (Å²) in [6.07, 6.45) is 0.832. The molecular weight excluding hydrogens is 357 g/mol. The van der Waals surface area contributed by atoms with Gasteiger partial charge in [0, 0.05) is 5.02 Å². The van der Waals surface area contributed by atoms with Crippen molar-refractivity contribution in [3.63, 3.8) is 0 Å². The zero-order chi connectivity index (χ0) is 17.0. The van der Waals surface area contributed by atoms with Crippen LogP contribution >= 0.6 is 23.2 Å². The molecule has 0 N–H and O–H groups in total. The van der Waals surface area contributed by atoms with Crippen molar-refractivity contribution >= 4 is 44.2 Å². The molecule has 122 valence electrons. The van der Waals surface area contributed by atoms with Crippen LogP contribution in [0.25, 0.3) is 0 Å². The fourth-order valence-corrected chi connectivity index (χ4v) is 3.80. The Balaban J connectivity index is 2.48. The first-order chi connectivity index (χ1) is 10.8. The van der Waals surface area contributed by atoms with Crippen molar-refractivity contribution in [1.82, 2.24) is 0 Å². The molecule has 4 nitrogen and oxygen atoms in total. The molecule has 0 aromatic heterocycles. The first-order valence-electron chi connectivity index (χ1n) is 6.90. The Morgan fingerprint density at radius 3 is 2.09 bits per heavy atom. The summed E-state index contributed by atoms with van der Waals surface area (Å²) in [6, 6.07) is 12.7. The molecule has 23 heavy (non-hydrogen) atoms. The number of benzene rings is 2. The molecule has 0 aliphatic heterocycles. The number of rotatable bonds is 6. The Bertz CT molecular complexity index is 787. The normalized spacial score (nSPS) is 11.3. The first-order valence-corrected chi connectivity index (χ1v) is 9.09. The maximum Gasteiger partial charge on any atom is 0.264 e. The highest BCUT2D eigenvalue weighted by atomic mass is 35.5. The molecule has 0 radical (unpaired) electrons. The van der Waals surface area contributed by atoms with E-state index in [2.05, 4.69) is 0 Å². The highest BCUT2D eigenvalue weighted by molar-refractivity contribution is 7.92. The second-order valence-corrected chi connectivity index (χ2v) is 7.56. The van der Waals surface area contributed by atoms with Crippen LogP contribution < -0.4 is 4.31 Å². The molecule has 0 atom stereocenters. The summed E-state index contributed by atoms with van der Waals surface area (Å²) in [5.74, 6) is 0. The SMILES string of the molecule is CCc1ccc(N(CC(=O)Cl)S(=O)(=O)c2ccc(Cl)cc2)cc1. The van der Waals surface area contributed by atoms with Crippen LogP contribution in [0.5, 0.6) is 0 Å². The molecule has 0 spiro atoms. The van der Waals surface area contributed by atoms with Gasteiger partial charge in [-0.2, -0.15) is 0 Å². The number of hydrogen-bond donors (Lipinski definition) is 0. The lowest BCUT2D eigenvalue weighted by atomic mass is 10.1. The molecule has 0 aliphatic carbocycles. The Morgan fingerprint density at radius 1 is 1.04 bits per heavy atom. The lowest BCUT2D eigenvalue weighted by molar-refractivity contribution is -0.110. The van der Waals surface area contributed by atoms with Crippen LogP contribution in [0.1, 0.15) is 12.5 Å². The Morgan fingerprint density at radius 2 is 1.61 bits per heavy atom. The molecule has 7 heteroatoms. The molecule has 0 heterocycles. The highest BCUT2D eigenvalue weighted by Gasteiger charge is 2.26. The van der Waals surface area contributed by atoms with E-state index in [1.807, 2.05) is 19.1 Å². The molecule has 2 aromatic rings. The third-order valence-electron chi connectivity index (χ3n) is 3.30. The zero-order valence-corrected chi connectivity index (χ0v) is 14.7. The van der Waals surface area contributed by atoms with Gasteiger partial charge >= 0.3 is 0 Å². The largest absolute Gasteiger partial charge is 0.279 e. The van der Waals surface area contributed by atoms with E-state index in [0.717, 1.165) is 16.3 Å². The maximum absolute atomic E-state index is 12.8. The first kappa shape index (κ1) is 17.8. The average molecular weight is 372 g/mol. The predicted octanol–water partition coefficient (Wildman–Crippen LogP) is 3.86. The molecule has 0 unspecified atom stereocenters. The molecule has 0 fully saturated rings. The van der Waals surface area contributed by atoms with Gasteiger partial charge in [0.15, 0.2) is 0 Å². The Hall–Kier alpha value is -1.56. The van der Waals surface area contributed by atoms with Gasteiger partial charge in [-0.15, -0.1) is 0 Å². The summed E-state index contributed by atoms with van der Waals surface area (Å²) in [5.41, 5.74) is 1.45. The molecule has 0 amide bonds. The summed E-state index contributed by atoms with van der Waals surface area (Å²) in [6.45, 7) is 1.55. The quantitative estimate of drug-likeness (QED) is 0.724. The summed E-state index contributed by atoms with van der Waals surface area (Å²) >= 11 is 11.2. The minimum absolute atomic E-state index is 0.0411.